The number of rotatable bonds is 8. The molecule has 0 heterocycles. The summed E-state index contributed by atoms with van der Waals surface area (Å²) in [4.78, 5) is 24.2. The van der Waals surface area contributed by atoms with Crippen molar-refractivity contribution in [2.45, 2.75) is 44.4 Å². The molecule has 1 N–H and O–H groups in total. The van der Waals surface area contributed by atoms with Crippen molar-refractivity contribution in [1.82, 2.24) is 0 Å². The Labute approximate surface area is 174 Å². The normalized spacial score (nSPS) is 11.0. The summed E-state index contributed by atoms with van der Waals surface area (Å²) in [5.41, 5.74) is 2.76. The van der Waals surface area contributed by atoms with E-state index in [1.165, 1.54) is 0 Å². The van der Waals surface area contributed by atoms with Gasteiger partial charge in [0.2, 0.25) is 0 Å². The van der Waals surface area contributed by atoms with Gasteiger partial charge in [-0.2, -0.15) is 0 Å². The van der Waals surface area contributed by atoms with E-state index in [2.05, 4.69) is 5.32 Å². The molecule has 29 heavy (non-hydrogen) atoms. The zero-order chi connectivity index (χ0) is 21.6. The number of para-hydroxylation sites is 1. The quantitative estimate of drug-likeness (QED) is 0.453. The molecule has 1 amide bonds. The molecule has 0 saturated heterocycles. The average Bonchev–Trinajstić information content (AvgIpc) is 2.66. The van der Waals surface area contributed by atoms with Crippen LogP contribution < -0.4 is 5.32 Å². The highest BCUT2D eigenvalue weighted by Crippen LogP contribution is 2.32. The van der Waals surface area contributed by atoms with Gasteiger partial charge in [-0.25, -0.2) is 8.78 Å². The standard InChI is InChI=1S/C22H25F2NO3S/c1-13(2)16-6-5-7-17(14(3)4)22(16)25-20(26)11-28-21(27)12-29-19-10-15(23)8-9-18(19)24/h5-10,13-14H,11-12H2,1-4H3,(H,25,26). The average molecular weight is 422 g/mol. The molecular formula is C22H25F2NO3S. The van der Waals surface area contributed by atoms with Crippen molar-refractivity contribution in [3.8, 4) is 0 Å². The Balaban J connectivity index is 1.94. The highest BCUT2D eigenvalue weighted by atomic mass is 32.2. The number of thioether (sulfide) groups is 1. The second-order valence-corrected chi connectivity index (χ2v) is 8.21. The lowest BCUT2D eigenvalue weighted by atomic mass is 9.92. The molecule has 0 atom stereocenters. The van der Waals surface area contributed by atoms with Crippen molar-refractivity contribution in [2.75, 3.05) is 17.7 Å². The third-order valence-corrected chi connectivity index (χ3v) is 5.24. The van der Waals surface area contributed by atoms with Crippen LogP contribution in [-0.4, -0.2) is 24.2 Å². The molecule has 0 bridgehead atoms. The Hall–Kier alpha value is -2.41. The first kappa shape index (κ1) is 22.9. The number of nitrogens with one attached hydrogen (secondary N) is 1. The van der Waals surface area contributed by atoms with E-state index in [-0.39, 0.29) is 22.5 Å². The predicted octanol–water partition coefficient (Wildman–Crippen LogP) is 5.49. The third-order valence-electron chi connectivity index (χ3n) is 4.24. The first-order valence-electron chi connectivity index (χ1n) is 9.35. The van der Waals surface area contributed by atoms with Gasteiger partial charge in [0.15, 0.2) is 6.61 Å². The molecule has 2 aromatic rings. The van der Waals surface area contributed by atoms with E-state index in [0.717, 1.165) is 46.8 Å². The minimum atomic E-state index is -0.685. The van der Waals surface area contributed by atoms with E-state index >= 15 is 0 Å². The Morgan fingerprint density at radius 3 is 2.24 bits per heavy atom. The minimum absolute atomic E-state index is 0.0128. The summed E-state index contributed by atoms with van der Waals surface area (Å²) < 4.78 is 31.7. The lowest BCUT2D eigenvalue weighted by Crippen LogP contribution is -2.23. The number of amides is 1. The van der Waals surface area contributed by atoms with Gasteiger partial charge in [0.1, 0.15) is 11.6 Å². The van der Waals surface area contributed by atoms with Crippen LogP contribution in [-0.2, 0) is 14.3 Å². The largest absolute Gasteiger partial charge is 0.455 e. The van der Waals surface area contributed by atoms with Gasteiger partial charge in [-0.1, -0.05) is 45.9 Å². The smallest absolute Gasteiger partial charge is 0.316 e. The van der Waals surface area contributed by atoms with Crippen LogP contribution in [0.5, 0.6) is 0 Å². The monoisotopic (exact) mass is 421 g/mol. The topological polar surface area (TPSA) is 55.4 Å². The van der Waals surface area contributed by atoms with Crippen LogP contribution in [0.25, 0.3) is 0 Å². The van der Waals surface area contributed by atoms with E-state index < -0.39 is 30.1 Å². The lowest BCUT2D eigenvalue weighted by Gasteiger charge is -2.20. The highest BCUT2D eigenvalue weighted by Gasteiger charge is 2.17. The molecule has 0 unspecified atom stereocenters. The van der Waals surface area contributed by atoms with Crippen LogP contribution in [0.2, 0.25) is 0 Å². The fourth-order valence-electron chi connectivity index (χ4n) is 2.78. The zero-order valence-corrected chi connectivity index (χ0v) is 17.7. The van der Waals surface area contributed by atoms with Crippen molar-refractivity contribution in [2.24, 2.45) is 0 Å². The maximum Gasteiger partial charge on any atom is 0.316 e. The molecule has 2 rings (SSSR count). The fraction of sp³-hybridized carbons (Fsp3) is 0.364. The summed E-state index contributed by atoms with van der Waals surface area (Å²) in [6, 6.07) is 8.89. The Kier molecular flexibility index (Phi) is 8.20. The van der Waals surface area contributed by atoms with Crippen LogP contribution in [0.15, 0.2) is 41.3 Å². The Morgan fingerprint density at radius 1 is 1.03 bits per heavy atom. The highest BCUT2D eigenvalue weighted by molar-refractivity contribution is 8.00. The number of esters is 1. The summed E-state index contributed by atoms with van der Waals surface area (Å²) in [6.45, 7) is 7.71. The fourth-order valence-corrected chi connectivity index (χ4v) is 3.54. The summed E-state index contributed by atoms with van der Waals surface area (Å²) in [6.07, 6.45) is 0. The van der Waals surface area contributed by atoms with Crippen LogP contribution in [0.3, 0.4) is 0 Å². The molecule has 2 aromatic carbocycles. The number of benzene rings is 2. The van der Waals surface area contributed by atoms with E-state index in [4.69, 9.17) is 4.74 Å². The van der Waals surface area contributed by atoms with Gasteiger partial charge in [0, 0.05) is 10.6 Å². The van der Waals surface area contributed by atoms with Crippen molar-refractivity contribution in [3.05, 3.63) is 59.2 Å². The number of hydrogen-bond acceptors (Lipinski definition) is 4. The zero-order valence-electron chi connectivity index (χ0n) is 16.9. The van der Waals surface area contributed by atoms with Gasteiger partial charge < -0.3 is 10.1 Å². The molecule has 4 nitrogen and oxygen atoms in total. The molecular weight excluding hydrogens is 396 g/mol. The molecule has 156 valence electrons. The van der Waals surface area contributed by atoms with E-state index in [1.54, 1.807) is 0 Å². The molecule has 7 heteroatoms. The van der Waals surface area contributed by atoms with Crippen molar-refractivity contribution in [1.29, 1.82) is 0 Å². The molecule has 0 aliphatic rings. The molecule has 0 fully saturated rings. The number of carbonyl (C=O) groups is 2. The van der Waals surface area contributed by atoms with Crippen molar-refractivity contribution >= 4 is 29.3 Å². The Bertz CT molecular complexity index is 858. The predicted molar refractivity (Wildman–Crippen MR) is 111 cm³/mol. The van der Waals surface area contributed by atoms with Crippen molar-refractivity contribution in [3.63, 3.8) is 0 Å². The second kappa shape index (κ2) is 10.4. The van der Waals surface area contributed by atoms with E-state index in [1.807, 2.05) is 45.9 Å². The summed E-state index contributed by atoms with van der Waals surface area (Å²) in [5.74, 6) is -2.15. The van der Waals surface area contributed by atoms with Crippen molar-refractivity contribution < 1.29 is 23.1 Å². The lowest BCUT2D eigenvalue weighted by molar-refractivity contribution is -0.144. The Morgan fingerprint density at radius 2 is 1.66 bits per heavy atom. The summed E-state index contributed by atoms with van der Waals surface area (Å²) >= 11 is 0.816. The van der Waals surface area contributed by atoms with Gasteiger partial charge in [-0.15, -0.1) is 11.8 Å². The SMILES string of the molecule is CC(C)c1cccc(C(C)C)c1NC(=O)COC(=O)CSc1cc(F)ccc1F. The molecule has 0 aliphatic heterocycles. The number of halogens is 2. The van der Waals surface area contributed by atoms with E-state index in [9.17, 15) is 18.4 Å². The number of hydrogen-bond donors (Lipinski definition) is 1. The van der Waals surface area contributed by atoms with Gasteiger partial charge in [-0.05, 0) is 41.2 Å². The summed E-state index contributed by atoms with van der Waals surface area (Å²) in [5, 5.41) is 2.86. The summed E-state index contributed by atoms with van der Waals surface area (Å²) in [7, 11) is 0. The van der Waals surface area contributed by atoms with Crippen LogP contribution in [0.1, 0.15) is 50.7 Å². The first-order chi connectivity index (χ1) is 13.7. The van der Waals surface area contributed by atoms with Crippen LogP contribution >= 0.6 is 11.8 Å². The van der Waals surface area contributed by atoms with Gasteiger partial charge in [0.05, 0.1) is 5.75 Å². The first-order valence-corrected chi connectivity index (χ1v) is 10.3. The maximum absolute atomic E-state index is 13.6. The number of carbonyl (C=O) groups excluding carboxylic acids is 2. The molecule has 0 saturated carbocycles. The van der Waals surface area contributed by atoms with Gasteiger partial charge in [-0.3, -0.25) is 9.59 Å². The number of ether oxygens (including phenoxy) is 1. The van der Waals surface area contributed by atoms with Crippen LogP contribution in [0, 0.1) is 11.6 Å². The van der Waals surface area contributed by atoms with Gasteiger partial charge in [0.25, 0.3) is 5.91 Å². The molecule has 0 aromatic heterocycles. The minimum Gasteiger partial charge on any atom is -0.455 e. The second-order valence-electron chi connectivity index (χ2n) is 7.19. The third kappa shape index (κ3) is 6.56. The maximum atomic E-state index is 13.6. The van der Waals surface area contributed by atoms with E-state index in [0.29, 0.717) is 0 Å². The van der Waals surface area contributed by atoms with Crippen LogP contribution in [0.4, 0.5) is 14.5 Å². The molecule has 0 radical (unpaired) electrons. The molecule has 0 spiro atoms. The van der Waals surface area contributed by atoms with Gasteiger partial charge >= 0.3 is 5.97 Å². The molecule has 0 aliphatic carbocycles. The number of anilines is 1.